The predicted molar refractivity (Wildman–Crippen MR) is 72.9 cm³/mol. The fourth-order valence-corrected chi connectivity index (χ4v) is 1.51. The van der Waals surface area contributed by atoms with Gasteiger partial charge in [0, 0.05) is 11.5 Å². The second-order valence-corrected chi connectivity index (χ2v) is 3.75. The number of carboxylic acids is 1. The topological polar surface area (TPSA) is 37.3 Å². The molecule has 0 aromatic heterocycles. The van der Waals surface area contributed by atoms with E-state index in [0.717, 1.165) is 19.3 Å². The Hall–Kier alpha value is -1.57. The molecule has 0 heterocycles. The number of rotatable bonds is 8. The van der Waals surface area contributed by atoms with Gasteiger partial charge in [-0.3, -0.25) is 0 Å². The summed E-state index contributed by atoms with van der Waals surface area (Å²) >= 11 is 0. The van der Waals surface area contributed by atoms with E-state index in [1.165, 1.54) is 0 Å². The van der Waals surface area contributed by atoms with Crippen molar-refractivity contribution in [2.75, 3.05) is 0 Å². The highest BCUT2D eigenvalue weighted by Gasteiger charge is 2.15. The first-order chi connectivity index (χ1) is 8.17. The van der Waals surface area contributed by atoms with Crippen molar-refractivity contribution in [2.24, 2.45) is 5.92 Å². The van der Waals surface area contributed by atoms with Crippen molar-refractivity contribution in [3.8, 4) is 0 Å². The number of aliphatic carboxylic acids is 1. The number of carbonyl (C=O) groups is 1. The molecule has 1 N–H and O–H groups in total. The van der Waals surface area contributed by atoms with Crippen LogP contribution in [0.25, 0.3) is 0 Å². The highest BCUT2D eigenvalue weighted by Crippen LogP contribution is 2.19. The van der Waals surface area contributed by atoms with Crippen LogP contribution in [-0.2, 0) is 4.79 Å². The molecule has 0 rings (SSSR count). The fraction of sp³-hybridized carbons (Fsp3) is 0.400. The van der Waals surface area contributed by atoms with E-state index >= 15 is 0 Å². The molecule has 1 atom stereocenters. The lowest BCUT2D eigenvalue weighted by atomic mass is 9.93. The average molecular weight is 234 g/mol. The minimum Gasteiger partial charge on any atom is -0.478 e. The summed E-state index contributed by atoms with van der Waals surface area (Å²) in [5.74, 6) is -0.960. The molecule has 0 aliphatic heterocycles. The summed E-state index contributed by atoms with van der Waals surface area (Å²) in [6.45, 7) is 7.66. The minimum atomic E-state index is -0.868. The van der Waals surface area contributed by atoms with Crippen LogP contribution in [-0.4, -0.2) is 11.1 Å². The van der Waals surface area contributed by atoms with E-state index in [-0.39, 0.29) is 5.92 Å². The molecule has 0 spiro atoms. The van der Waals surface area contributed by atoms with Crippen molar-refractivity contribution in [2.45, 2.75) is 33.1 Å². The first-order valence-corrected chi connectivity index (χ1v) is 6.01. The van der Waals surface area contributed by atoms with E-state index in [1.54, 1.807) is 18.2 Å². The molecule has 0 radical (unpaired) electrons. The van der Waals surface area contributed by atoms with Gasteiger partial charge in [-0.2, -0.15) is 0 Å². The third kappa shape index (κ3) is 6.56. The lowest BCUT2D eigenvalue weighted by molar-refractivity contribution is -0.133. The summed E-state index contributed by atoms with van der Waals surface area (Å²) in [6.07, 6.45) is 13.8. The van der Waals surface area contributed by atoms with Gasteiger partial charge in [0.25, 0.3) is 0 Å². The molecule has 2 heteroatoms. The maximum Gasteiger partial charge on any atom is 0.332 e. The van der Waals surface area contributed by atoms with Gasteiger partial charge in [-0.05, 0) is 26.2 Å². The van der Waals surface area contributed by atoms with Crippen molar-refractivity contribution in [3.05, 3.63) is 48.6 Å². The van der Waals surface area contributed by atoms with Gasteiger partial charge in [0.15, 0.2) is 0 Å². The molecule has 0 aliphatic rings. The molecule has 1 unspecified atom stereocenters. The highest BCUT2D eigenvalue weighted by atomic mass is 16.4. The Morgan fingerprint density at radius 1 is 1.41 bits per heavy atom. The number of hydrogen-bond donors (Lipinski definition) is 1. The van der Waals surface area contributed by atoms with Crippen molar-refractivity contribution < 1.29 is 9.90 Å². The van der Waals surface area contributed by atoms with Gasteiger partial charge in [-0.25, -0.2) is 4.79 Å². The third-order valence-electron chi connectivity index (χ3n) is 2.45. The second kappa shape index (κ2) is 9.64. The smallest absolute Gasteiger partial charge is 0.332 e. The molecular weight excluding hydrogens is 212 g/mol. The second-order valence-electron chi connectivity index (χ2n) is 3.75. The summed E-state index contributed by atoms with van der Waals surface area (Å²) in [4.78, 5) is 11.1. The number of allylic oxidation sites excluding steroid dienone is 6. The highest BCUT2D eigenvalue weighted by molar-refractivity contribution is 5.88. The van der Waals surface area contributed by atoms with Crippen LogP contribution in [0.2, 0.25) is 0 Å². The van der Waals surface area contributed by atoms with E-state index < -0.39 is 5.97 Å². The monoisotopic (exact) mass is 234 g/mol. The van der Waals surface area contributed by atoms with Crippen LogP contribution in [0.1, 0.15) is 33.1 Å². The Bertz CT molecular complexity index is 322. The van der Waals surface area contributed by atoms with Crippen molar-refractivity contribution in [1.82, 2.24) is 0 Å². The van der Waals surface area contributed by atoms with E-state index in [2.05, 4.69) is 25.7 Å². The zero-order chi connectivity index (χ0) is 13.1. The van der Waals surface area contributed by atoms with Gasteiger partial charge in [0.05, 0.1) is 0 Å². The fourth-order valence-electron chi connectivity index (χ4n) is 1.51. The van der Waals surface area contributed by atoms with E-state index in [0.29, 0.717) is 5.57 Å². The summed E-state index contributed by atoms with van der Waals surface area (Å²) in [5, 5.41) is 9.14. The van der Waals surface area contributed by atoms with Gasteiger partial charge < -0.3 is 5.11 Å². The Labute approximate surface area is 104 Å². The van der Waals surface area contributed by atoms with Crippen molar-refractivity contribution in [1.29, 1.82) is 0 Å². The summed E-state index contributed by atoms with van der Waals surface area (Å²) in [7, 11) is 0. The molecule has 94 valence electrons. The summed E-state index contributed by atoms with van der Waals surface area (Å²) in [5.41, 5.74) is 0.406. The van der Waals surface area contributed by atoms with E-state index in [1.807, 2.05) is 13.0 Å². The molecule has 17 heavy (non-hydrogen) atoms. The Balaban J connectivity index is 4.63. The first kappa shape index (κ1) is 15.4. The number of carboxylic acid groups (broad SMARTS) is 1. The zero-order valence-electron chi connectivity index (χ0n) is 10.7. The predicted octanol–water partition coefficient (Wildman–Crippen LogP) is 4.12. The molecule has 2 nitrogen and oxygen atoms in total. The Kier molecular flexibility index (Phi) is 8.75. The quantitative estimate of drug-likeness (QED) is 0.389. The van der Waals surface area contributed by atoms with Gasteiger partial charge >= 0.3 is 5.97 Å². The minimum absolute atomic E-state index is 0.0924. The number of hydrogen-bond acceptors (Lipinski definition) is 1. The maximum absolute atomic E-state index is 11.1. The SMILES string of the molecule is C=CC(CC/C=C\CC)/C(=C\C=C\C)C(=O)O. The lowest BCUT2D eigenvalue weighted by Crippen LogP contribution is -2.10. The van der Waals surface area contributed by atoms with Gasteiger partial charge in [0.1, 0.15) is 0 Å². The molecule has 0 saturated heterocycles. The van der Waals surface area contributed by atoms with Gasteiger partial charge in [0.2, 0.25) is 0 Å². The van der Waals surface area contributed by atoms with Crippen LogP contribution in [0.3, 0.4) is 0 Å². The van der Waals surface area contributed by atoms with Crippen LogP contribution in [0.15, 0.2) is 48.6 Å². The van der Waals surface area contributed by atoms with E-state index in [4.69, 9.17) is 5.11 Å². The third-order valence-corrected chi connectivity index (χ3v) is 2.45. The van der Waals surface area contributed by atoms with Gasteiger partial charge in [-0.1, -0.05) is 43.4 Å². The largest absolute Gasteiger partial charge is 0.478 e. The summed E-state index contributed by atoms with van der Waals surface area (Å²) < 4.78 is 0. The maximum atomic E-state index is 11.1. The molecule has 0 fully saturated rings. The van der Waals surface area contributed by atoms with Crippen LogP contribution in [0.4, 0.5) is 0 Å². The molecule has 0 bridgehead atoms. The molecular formula is C15H22O2. The van der Waals surface area contributed by atoms with Gasteiger partial charge in [-0.15, -0.1) is 6.58 Å². The lowest BCUT2D eigenvalue weighted by Gasteiger charge is -2.11. The summed E-state index contributed by atoms with van der Waals surface area (Å²) in [6, 6.07) is 0. The van der Waals surface area contributed by atoms with E-state index in [9.17, 15) is 4.79 Å². The zero-order valence-corrected chi connectivity index (χ0v) is 10.7. The molecule has 0 aromatic rings. The molecule has 0 amide bonds. The van der Waals surface area contributed by atoms with Crippen molar-refractivity contribution >= 4 is 5.97 Å². The first-order valence-electron chi connectivity index (χ1n) is 6.01. The molecule has 0 aliphatic carbocycles. The Morgan fingerprint density at radius 3 is 2.59 bits per heavy atom. The molecule has 0 aromatic carbocycles. The Morgan fingerprint density at radius 2 is 2.12 bits per heavy atom. The van der Waals surface area contributed by atoms with Crippen LogP contribution >= 0.6 is 0 Å². The van der Waals surface area contributed by atoms with Crippen molar-refractivity contribution in [3.63, 3.8) is 0 Å². The van der Waals surface area contributed by atoms with Crippen LogP contribution in [0.5, 0.6) is 0 Å². The van der Waals surface area contributed by atoms with Crippen LogP contribution < -0.4 is 0 Å². The standard InChI is InChI=1S/C15H22O2/c1-4-7-9-10-11-13(6-3)14(15(16)17)12-8-5-2/h5-9,12-13H,3-4,10-11H2,1-2H3,(H,16,17)/b8-5+,9-7-,14-12+. The molecule has 0 saturated carbocycles. The average Bonchev–Trinajstić information content (AvgIpc) is 2.31. The normalized spacial score (nSPS) is 14.4. The van der Waals surface area contributed by atoms with Crippen LogP contribution in [0, 0.1) is 5.92 Å².